The van der Waals surface area contributed by atoms with Gasteiger partial charge in [0.1, 0.15) is 18.1 Å². The molecule has 3 aromatic carbocycles. The van der Waals surface area contributed by atoms with Crippen LogP contribution in [0.3, 0.4) is 0 Å². The zero-order valence-corrected chi connectivity index (χ0v) is 21.1. The van der Waals surface area contributed by atoms with Crippen LogP contribution in [0.4, 0.5) is 4.79 Å². The first-order valence-corrected chi connectivity index (χ1v) is 12.0. The van der Waals surface area contributed by atoms with Crippen LogP contribution in [0.5, 0.6) is 17.4 Å². The molecule has 9 nitrogen and oxygen atoms in total. The van der Waals surface area contributed by atoms with E-state index in [4.69, 9.17) is 18.9 Å². The van der Waals surface area contributed by atoms with Crippen molar-refractivity contribution in [2.75, 3.05) is 13.7 Å². The second-order valence-electron chi connectivity index (χ2n) is 8.53. The van der Waals surface area contributed by atoms with E-state index in [0.717, 1.165) is 21.9 Å². The highest BCUT2D eigenvalue weighted by molar-refractivity contribution is 6.13. The molecule has 0 saturated carbocycles. The smallest absolute Gasteiger partial charge is 0.497 e. The van der Waals surface area contributed by atoms with Gasteiger partial charge in [0, 0.05) is 29.6 Å². The Morgan fingerprint density at radius 3 is 2.55 bits per heavy atom. The first-order valence-electron chi connectivity index (χ1n) is 12.0. The molecule has 0 fully saturated rings. The number of hydrogen-bond acceptors (Lipinski definition) is 6. The molecule has 2 heterocycles. The summed E-state index contributed by atoms with van der Waals surface area (Å²) in [5.74, 6) is 0.134. The van der Waals surface area contributed by atoms with Crippen molar-refractivity contribution in [1.82, 2.24) is 9.55 Å². The van der Waals surface area contributed by atoms with Gasteiger partial charge in [-0.15, -0.1) is 0 Å². The third-order valence-corrected chi connectivity index (χ3v) is 6.35. The van der Waals surface area contributed by atoms with Gasteiger partial charge in [0.15, 0.2) is 0 Å². The van der Waals surface area contributed by atoms with Gasteiger partial charge in [-0.25, -0.2) is 9.59 Å². The second-order valence-corrected chi connectivity index (χ2v) is 8.53. The van der Waals surface area contributed by atoms with Gasteiger partial charge in [0.2, 0.25) is 5.88 Å². The maximum absolute atomic E-state index is 12.4. The standard InChI is InChI=1S/C29H26N2O7/c1-4-36-29(34)38-27-24(26-25(30-27)20-11-7-8-12-22(20)31(26)2)21-14-13-18(35-3)15-23(21)37-16-17-9-5-6-10-19(17)28(32)33/h5-15,30H,4,16H2,1-3H3,(H,32,33). The van der Waals surface area contributed by atoms with Crippen LogP contribution in [0, 0.1) is 0 Å². The van der Waals surface area contributed by atoms with E-state index in [0.29, 0.717) is 28.2 Å². The van der Waals surface area contributed by atoms with E-state index in [1.165, 1.54) is 6.07 Å². The Hall–Kier alpha value is -4.92. The summed E-state index contributed by atoms with van der Waals surface area (Å²) < 4.78 is 24.3. The van der Waals surface area contributed by atoms with E-state index in [9.17, 15) is 14.7 Å². The molecule has 0 unspecified atom stereocenters. The lowest BCUT2D eigenvalue weighted by atomic mass is 10.1. The maximum atomic E-state index is 12.4. The number of H-pyrrole nitrogens is 1. The van der Waals surface area contributed by atoms with E-state index >= 15 is 0 Å². The van der Waals surface area contributed by atoms with E-state index in [-0.39, 0.29) is 24.7 Å². The molecule has 38 heavy (non-hydrogen) atoms. The Kier molecular flexibility index (Phi) is 6.66. The van der Waals surface area contributed by atoms with Crippen LogP contribution in [0.25, 0.3) is 33.1 Å². The molecule has 0 aliphatic heterocycles. The molecular formula is C29H26N2O7. The number of aromatic carboxylic acids is 1. The number of rotatable bonds is 8. The van der Waals surface area contributed by atoms with Crippen molar-refractivity contribution in [3.63, 3.8) is 0 Å². The first-order chi connectivity index (χ1) is 18.4. The van der Waals surface area contributed by atoms with Gasteiger partial charge in [-0.2, -0.15) is 0 Å². The molecule has 0 bridgehead atoms. The number of methoxy groups -OCH3 is 1. The van der Waals surface area contributed by atoms with E-state index in [2.05, 4.69) is 4.98 Å². The molecule has 2 N–H and O–H groups in total. The SMILES string of the molecule is CCOC(=O)Oc1[nH]c2c3ccccc3n(C)c2c1-c1ccc(OC)cc1OCc1ccccc1C(=O)O. The number of aromatic amines is 1. The van der Waals surface area contributed by atoms with Gasteiger partial charge in [0.25, 0.3) is 0 Å². The monoisotopic (exact) mass is 514 g/mol. The van der Waals surface area contributed by atoms with Gasteiger partial charge in [0.05, 0.1) is 41.4 Å². The van der Waals surface area contributed by atoms with Crippen molar-refractivity contribution < 1.29 is 33.6 Å². The predicted molar refractivity (Wildman–Crippen MR) is 142 cm³/mol. The van der Waals surface area contributed by atoms with Crippen LogP contribution in [0.15, 0.2) is 66.7 Å². The van der Waals surface area contributed by atoms with Crippen molar-refractivity contribution in [3.05, 3.63) is 77.9 Å². The quantitative estimate of drug-likeness (QED) is 0.239. The van der Waals surface area contributed by atoms with Crippen molar-refractivity contribution in [1.29, 1.82) is 0 Å². The molecule has 5 rings (SSSR count). The Bertz CT molecular complexity index is 1660. The number of nitrogens with zero attached hydrogens (tertiary/aromatic N) is 1. The zero-order valence-electron chi connectivity index (χ0n) is 21.1. The number of carboxylic acid groups (broad SMARTS) is 1. The number of benzene rings is 3. The number of nitrogens with one attached hydrogen (secondary N) is 1. The molecular weight excluding hydrogens is 488 g/mol. The number of carbonyl (C=O) groups is 2. The van der Waals surface area contributed by atoms with Crippen molar-refractivity contribution in [2.24, 2.45) is 7.05 Å². The fourth-order valence-electron chi connectivity index (χ4n) is 4.62. The van der Waals surface area contributed by atoms with Gasteiger partial charge in [-0.1, -0.05) is 36.4 Å². The number of aryl methyl sites for hydroxylation is 1. The predicted octanol–water partition coefficient (Wildman–Crippen LogP) is 6.15. The third-order valence-electron chi connectivity index (χ3n) is 6.35. The highest BCUT2D eigenvalue weighted by Crippen LogP contribution is 2.46. The Labute approximate surface area is 218 Å². The average molecular weight is 515 g/mol. The minimum Gasteiger partial charge on any atom is -0.497 e. The minimum atomic E-state index is -1.04. The molecule has 0 amide bonds. The van der Waals surface area contributed by atoms with Crippen molar-refractivity contribution >= 4 is 34.1 Å². The Morgan fingerprint density at radius 1 is 1.03 bits per heavy atom. The summed E-state index contributed by atoms with van der Waals surface area (Å²) in [4.78, 5) is 27.3. The number of fused-ring (bicyclic) bond motifs is 3. The summed E-state index contributed by atoms with van der Waals surface area (Å²) >= 11 is 0. The first kappa shape index (κ1) is 24.8. The molecule has 0 atom stereocenters. The Morgan fingerprint density at radius 2 is 1.79 bits per heavy atom. The number of hydrogen-bond donors (Lipinski definition) is 2. The summed E-state index contributed by atoms with van der Waals surface area (Å²) in [5.41, 5.74) is 4.46. The lowest BCUT2D eigenvalue weighted by Crippen LogP contribution is -2.11. The number of aromatic nitrogens is 2. The lowest BCUT2D eigenvalue weighted by Gasteiger charge is -2.15. The lowest BCUT2D eigenvalue weighted by molar-refractivity contribution is 0.0693. The summed E-state index contributed by atoms with van der Waals surface area (Å²) in [6.45, 7) is 1.86. The fraction of sp³-hybridized carbons (Fsp3) is 0.172. The van der Waals surface area contributed by atoms with Crippen LogP contribution in [0.2, 0.25) is 0 Å². The molecule has 0 aliphatic rings. The van der Waals surface area contributed by atoms with Crippen LogP contribution in [-0.4, -0.2) is 40.5 Å². The Balaban J connectivity index is 1.69. The number of para-hydroxylation sites is 1. The average Bonchev–Trinajstić information content (AvgIpc) is 3.42. The molecule has 0 spiro atoms. The van der Waals surface area contributed by atoms with E-state index < -0.39 is 12.1 Å². The van der Waals surface area contributed by atoms with Crippen LogP contribution in [0.1, 0.15) is 22.8 Å². The van der Waals surface area contributed by atoms with Gasteiger partial charge >= 0.3 is 12.1 Å². The summed E-state index contributed by atoms with van der Waals surface area (Å²) in [7, 11) is 3.48. The van der Waals surface area contributed by atoms with Crippen molar-refractivity contribution in [3.8, 4) is 28.5 Å². The van der Waals surface area contributed by atoms with Gasteiger partial charge < -0.3 is 33.6 Å². The van der Waals surface area contributed by atoms with Crippen LogP contribution >= 0.6 is 0 Å². The second kappa shape index (κ2) is 10.2. The largest absolute Gasteiger partial charge is 0.515 e. The highest BCUT2D eigenvalue weighted by Gasteiger charge is 2.26. The highest BCUT2D eigenvalue weighted by atomic mass is 16.7. The van der Waals surface area contributed by atoms with E-state index in [1.807, 2.05) is 41.9 Å². The maximum Gasteiger partial charge on any atom is 0.515 e. The molecule has 9 heteroatoms. The number of carbonyl (C=O) groups excluding carboxylic acids is 1. The summed E-state index contributed by atoms with van der Waals surface area (Å²) in [6.07, 6.45) is -0.837. The van der Waals surface area contributed by atoms with Crippen molar-refractivity contribution in [2.45, 2.75) is 13.5 Å². The number of ether oxygens (including phenoxy) is 4. The molecule has 2 aromatic heterocycles. The van der Waals surface area contributed by atoms with Crippen LogP contribution < -0.4 is 14.2 Å². The normalized spacial score (nSPS) is 11.0. The molecule has 5 aromatic rings. The fourth-order valence-corrected chi connectivity index (χ4v) is 4.62. The topological polar surface area (TPSA) is 112 Å². The summed E-state index contributed by atoms with van der Waals surface area (Å²) in [5, 5.41) is 10.5. The van der Waals surface area contributed by atoms with E-state index in [1.54, 1.807) is 44.4 Å². The van der Waals surface area contributed by atoms with Gasteiger partial charge in [-0.3, -0.25) is 0 Å². The minimum absolute atomic E-state index is 0.000609. The third kappa shape index (κ3) is 4.39. The molecule has 0 saturated heterocycles. The molecule has 0 aliphatic carbocycles. The molecule has 194 valence electrons. The zero-order chi connectivity index (χ0) is 26.8. The summed E-state index contributed by atoms with van der Waals surface area (Å²) in [6, 6.07) is 19.9. The number of carboxylic acids is 1. The molecule has 0 radical (unpaired) electrons. The van der Waals surface area contributed by atoms with Gasteiger partial charge in [-0.05, 0) is 31.2 Å². The van der Waals surface area contributed by atoms with Crippen LogP contribution in [-0.2, 0) is 18.4 Å².